The number of benzene rings is 2. The Kier molecular flexibility index (Phi) is 6.49. The standard InChI is InChI=1S/C20H20FN3O4S2/c1-23(2)30(26,27)18-12-14(8-9-17(18)28-3)19(25)22-20-24(10-11-29-20)13-15-6-4-5-7-16(15)21/h4-12H,13H2,1-3H3. The van der Waals surface area contributed by atoms with Gasteiger partial charge in [0, 0.05) is 36.8 Å². The van der Waals surface area contributed by atoms with Crippen LogP contribution in [0.1, 0.15) is 15.9 Å². The number of nitrogens with zero attached hydrogens (tertiary/aromatic N) is 3. The summed E-state index contributed by atoms with van der Waals surface area (Å²) in [5, 5.41) is 1.74. The van der Waals surface area contributed by atoms with Crippen LogP contribution in [0.4, 0.5) is 4.39 Å². The van der Waals surface area contributed by atoms with Crippen LogP contribution in [-0.4, -0.2) is 44.4 Å². The summed E-state index contributed by atoms with van der Waals surface area (Å²) in [5.74, 6) is -0.828. The SMILES string of the molecule is COc1ccc(C(=O)N=c2sccn2Cc2ccccc2F)cc1S(=O)(=O)N(C)C. The quantitative estimate of drug-likeness (QED) is 0.580. The van der Waals surface area contributed by atoms with Crippen LogP contribution in [0.15, 0.2) is 63.9 Å². The van der Waals surface area contributed by atoms with E-state index in [2.05, 4.69) is 4.99 Å². The van der Waals surface area contributed by atoms with E-state index < -0.39 is 15.9 Å². The third-order valence-electron chi connectivity index (χ3n) is 4.32. The number of sulfonamides is 1. The molecular weight excluding hydrogens is 429 g/mol. The van der Waals surface area contributed by atoms with E-state index in [0.717, 1.165) is 4.31 Å². The maximum atomic E-state index is 14.0. The fraction of sp³-hybridized carbons (Fsp3) is 0.200. The van der Waals surface area contributed by atoms with E-state index in [9.17, 15) is 17.6 Å². The van der Waals surface area contributed by atoms with Gasteiger partial charge in [-0.3, -0.25) is 4.79 Å². The number of thiazole rings is 1. The van der Waals surface area contributed by atoms with Crippen molar-refractivity contribution in [1.82, 2.24) is 8.87 Å². The predicted molar refractivity (Wildman–Crippen MR) is 112 cm³/mol. The van der Waals surface area contributed by atoms with Gasteiger partial charge >= 0.3 is 0 Å². The molecule has 2 aromatic carbocycles. The van der Waals surface area contributed by atoms with Crippen LogP contribution in [0, 0.1) is 5.82 Å². The number of methoxy groups -OCH3 is 1. The summed E-state index contributed by atoms with van der Waals surface area (Å²) >= 11 is 1.22. The van der Waals surface area contributed by atoms with Gasteiger partial charge in [-0.25, -0.2) is 17.1 Å². The van der Waals surface area contributed by atoms with E-state index in [4.69, 9.17) is 4.74 Å². The zero-order valence-corrected chi connectivity index (χ0v) is 18.2. The first-order chi connectivity index (χ1) is 14.2. The van der Waals surface area contributed by atoms with Crippen molar-refractivity contribution in [3.05, 3.63) is 75.8 Å². The summed E-state index contributed by atoms with van der Waals surface area (Å²) in [4.78, 5) is 17.1. The Morgan fingerprint density at radius 1 is 1.23 bits per heavy atom. The van der Waals surface area contributed by atoms with E-state index in [1.54, 1.807) is 34.3 Å². The highest BCUT2D eigenvalue weighted by atomic mass is 32.2. The largest absolute Gasteiger partial charge is 0.495 e. The molecule has 0 N–H and O–H groups in total. The van der Waals surface area contributed by atoms with Crippen LogP contribution in [0.2, 0.25) is 0 Å². The Morgan fingerprint density at radius 3 is 2.63 bits per heavy atom. The Hall–Kier alpha value is -2.82. The third-order valence-corrected chi connectivity index (χ3v) is 6.96. The molecule has 0 unspecified atom stereocenters. The monoisotopic (exact) mass is 449 g/mol. The Labute approximate surface area is 177 Å². The second-order valence-corrected chi connectivity index (χ2v) is 9.47. The van der Waals surface area contributed by atoms with Crippen LogP contribution in [-0.2, 0) is 16.6 Å². The van der Waals surface area contributed by atoms with Gasteiger partial charge in [0.25, 0.3) is 5.91 Å². The minimum Gasteiger partial charge on any atom is -0.495 e. The molecule has 0 aliphatic rings. The van der Waals surface area contributed by atoms with Gasteiger partial charge in [0.2, 0.25) is 10.0 Å². The van der Waals surface area contributed by atoms with Crippen LogP contribution in [0.3, 0.4) is 0 Å². The molecular formula is C20H20FN3O4S2. The second kappa shape index (κ2) is 8.90. The normalized spacial score (nSPS) is 12.4. The second-order valence-electron chi connectivity index (χ2n) is 6.47. The number of halogens is 1. The Bertz CT molecular complexity index is 1250. The lowest BCUT2D eigenvalue weighted by Gasteiger charge is -2.15. The first kappa shape index (κ1) is 21.9. The molecule has 0 aliphatic carbocycles. The molecule has 1 amide bonds. The molecule has 7 nitrogen and oxygen atoms in total. The maximum absolute atomic E-state index is 14.0. The lowest BCUT2D eigenvalue weighted by Crippen LogP contribution is -2.23. The van der Waals surface area contributed by atoms with Crippen molar-refractivity contribution in [2.24, 2.45) is 4.99 Å². The highest BCUT2D eigenvalue weighted by Gasteiger charge is 2.24. The van der Waals surface area contributed by atoms with Gasteiger partial charge in [-0.2, -0.15) is 4.99 Å². The number of aromatic nitrogens is 1. The van der Waals surface area contributed by atoms with Crippen LogP contribution in [0.5, 0.6) is 5.75 Å². The van der Waals surface area contributed by atoms with E-state index >= 15 is 0 Å². The molecule has 0 bridgehead atoms. The zero-order chi connectivity index (χ0) is 21.9. The van der Waals surface area contributed by atoms with E-state index in [1.807, 2.05) is 0 Å². The summed E-state index contributed by atoms with van der Waals surface area (Å²) in [5.41, 5.74) is 0.565. The van der Waals surface area contributed by atoms with Crippen molar-refractivity contribution in [3.8, 4) is 5.75 Å². The predicted octanol–water partition coefficient (Wildman–Crippen LogP) is 2.74. The van der Waals surface area contributed by atoms with Crippen LogP contribution < -0.4 is 9.54 Å². The van der Waals surface area contributed by atoms with Gasteiger partial charge in [0.1, 0.15) is 16.5 Å². The number of hydrogen-bond donors (Lipinski definition) is 0. The number of amides is 1. The highest BCUT2D eigenvalue weighted by Crippen LogP contribution is 2.27. The van der Waals surface area contributed by atoms with Gasteiger partial charge in [0.05, 0.1) is 13.7 Å². The van der Waals surface area contributed by atoms with Crippen molar-refractivity contribution in [2.75, 3.05) is 21.2 Å². The lowest BCUT2D eigenvalue weighted by molar-refractivity contribution is 0.0997. The average Bonchev–Trinajstić information content (AvgIpc) is 3.15. The van der Waals surface area contributed by atoms with Gasteiger partial charge < -0.3 is 9.30 Å². The molecule has 3 rings (SSSR count). The molecule has 0 atom stereocenters. The number of hydrogen-bond acceptors (Lipinski definition) is 5. The van der Waals surface area contributed by atoms with Gasteiger partial charge in [-0.15, -0.1) is 11.3 Å². The number of ether oxygens (including phenoxy) is 1. The Balaban J connectivity index is 1.99. The van der Waals surface area contributed by atoms with Gasteiger partial charge in [-0.1, -0.05) is 18.2 Å². The molecule has 0 fully saturated rings. The van der Waals surface area contributed by atoms with Gasteiger partial charge in [-0.05, 0) is 24.3 Å². The first-order valence-electron chi connectivity index (χ1n) is 8.81. The molecule has 158 valence electrons. The van der Waals surface area contributed by atoms with Crippen molar-refractivity contribution >= 4 is 27.3 Å². The number of carbonyl (C=O) groups is 1. The van der Waals surface area contributed by atoms with E-state index in [0.29, 0.717) is 10.4 Å². The first-order valence-corrected chi connectivity index (χ1v) is 11.1. The summed E-state index contributed by atoms with van der Waals surface area (Å²) < 4.78 is 46.9. The highest BCUT2D eigenvalue weighted by molar-refractivity contribution is 7.89. The van der Waals surface area contributed by atoms with Crippen molar-refractivity contribution in [3.63, 3.8) is 0 Å². The minimum absolute atomic E-state index is 0.0991. The fourth-order valence-corrected chi connectivity index (χ4v) is 4.48. The van der Waals surface area contributed by atoms with Crippen molar-refractivity contribution < 1.29 is 22.3 Å². The maximum Gasteiger partial charge on any atom is 0.279 e. The summed E-state index contributed by atoms with van der Waals surface area (Å²) in [6, 6.07) is 10.5. The summed E-state index contributed by atoms with van der Waals surface area (Å²) in [6.07, 6.45) is 1.71. The number of rotatable bonds is 6. The van der Waals surface area contributed by atoms with Crippen molar-refractivity contribution in [1.29, 1.82) is 0 Å². The minimum atomic E-state index is -3.82. The number of carbonyl (C=O) groups excluding carboxylic acids is 1. The third kappa shape index (κ3) is 4.50. The van der Waals surface area contributed by atoms with E-state index in [1.165, 1.54) is 56.8 Å². The summed E-state index contributed by atoms with van der Waals surface area (Å²) in [7, 11) is 0.321. The lowest BCUT2D eigenvalue weighted by atomic mass is 10.2. The van der Waals surface area contributed by atoms with Crippen LogP contribution >= 0.6 is 11.3 Å². The molecule has 0 radical (unpaired) electrons. The fourth-order valence-electron chi connectivity index (χ4n) is 2.68. The molecule has 0 spiro atoms. The smallest absolute Gasteiger partial charge is 0.279 e. The van der Waals surface area contributed by atoms with Gasteiger partial charge in [0.15, 0.2) is 4.80 Å². The molecule has 10 heteroatoms. The van der Waals surface area contributed by atoms with E-state index in [-0.39, 0.29) is 28.6 Å². The zero-order valence-electron chi connectivity index (χ0n) is 16.6. The topological polar surface area (TPSA) is 81.0 Å². The van der Waals surface area contributed by atoms with Crippen molar-refractivity contribution in [2.45, 2.75) is 11.4 Å². The molecule has 30 heavy (non-hydrogen) atoms. The molecule has 0 saturated heterocycles. The molecule has 1 heterocycles. The van der Waals surface area contributed by atoms with Crippen LogP contribution in [0.25, 0.3) is 0 Å². The molecule has 1 aromatic heterocycles. The Morgan fingerprint density at radius 2 is 1.97 bits per heavy atom. The summed E-state index contributed by atoms with van der Waals surface area (Å²) in [6.45, 7) is 0.213. The molecule has 0 saturated carbocycles. The molecule has 3 aromatic rings. The molecule has 0 aliphatic heterocycles. The average molecular weight is 450 g/mol.